The molecule has 0 saturated heterocycles. The van der Waals surface area contributed by atoms with Gasteiger partial charge in [0.15, 0.2) is 0 Å². The first kappa shape index (κ1) is 16.6. The minimum atomic E-state index is -0.153. The predicted octanol–water partition coefficient (Wildman–Crippen LogP) is 4.23. The number of pyridine rings is 2. The highest BCUT2D eigenvalue weighted by Crippen LogP contribution is 2.24. The van der Waals surface area contributed by atoms with E-state index in [-0.39, 0.29) is 5.78 Å². The second-order valence-corrected chi connectivity index (χ2v) is 5.87. The molecule has 130 valence electrons. The third kappa shape index (κ3) is 3.72. The van der Waals surface area contributed by atoms with Crippen LogP contribution in [0, 0.1) is 0 Å². The van der Waals surface area contributed by atoms with E-state index in [1.807, 2.05) is 48.7 Å². The van der Waals surface area contributed by atoms with Gasteiger partial charge in [0, 0.05) is 35.9 Å². The molecular weight excluding hydrogens is 336 g/mol. The smallest absolute Gasteiger partial charge is 0.204 e. The largest absolute Gasteiger partial charge is 0.288 e. The Balaban J connectivity index is 1.73. The molecule has 1 aromatic carbocycles. The van der Waals surface area contributed by atoms with Crippen molar-refractivity contribution in [3.05, 3.63) is 103 Å². The number of para-hydroxylation sites is 1. The lowest BCUT2D eigenvalue weighted by atomic mass is 10.1. The van der Waals surface area contributed by atoms with Gasteiger partial charge in [0.1, 0.15) is 11.4 Å². The lowest BCUT2D eigenvalue weighted by molar-refractivity contribution is 0.104. The molecule has 27 heavy (non-hydrogen) atoms. The number of carbonyl (C=O) groups excluding carboxylic acids is 1. The first-order valence-electron chi connectivity index (χ1n) is 8.50. The molecule has 0 bridgehead atoms. The van der Waals surface area contributed by atoms with Gasteiger partial charge in [-0.25, -0.2) is 4.68 Å². The summed E-state index contributed by atoms with van der Waals surface area (Å²) < 4.78 is 1.80. The van der Waals surface area contributed by atoms with Crippen LogP contribution in [-0.2, 0) is 0 Å². The fourth-order valence-electron chi connectivity index (χ4n) is 2.71. The minimum Gasteiger partial charge on any atom is -0.288 e. The second-order valence-electron chi connectivity index (χ2n) is 5.87. The molecule has 0 radical (unpaired) electrons. The molecule has 0 unspecified atom stereocenters. The number of ketones is 1. The van der Waals surface area contributed by atoms with Crippen LogP contribution in [0.15, 0.2) is 91.5 Å². The highest BCUT2D eigenvalue weighted by atomic mass is 16.1. The van der Waals surface area contributed by atoms with Crippen LogP contribution >= 0.6 is 0 Å². The van der Waals surface area contributed by atoms with Gasteiger partial charge in [-0.1, -0.05) is 24.3 Å². The molecule has 3 heterocycles. The number of benzene rings is 1. The number of nitrogens with zero attached hydrogens (tertiary/aromatic N) is 4. The van der Waals surface area contributed by atoms with E-state index in [4.69, 9.17) is 5.10 Å². The van der Waals surface area contributed by atoms with Crippen LogP contribution in [-0.4, -0.2) is 25.5 Å². The summed E-state index contributed by atoms with van der Waals surface area (Å²) in [6.45, 7) is 0. The Hall–Kier alpha value is -3.86. The van der Waals surface area contributed by atoms with Crippen molar-refractivity contribution < 1.29 is 4.79 Å². The molecule has 0 N–H and O–H groups in total. The summed E-state index contributed by atoms with van der Waals surface area (Å²) in [5.41, 5.74) is 3.83. The van der Waals surface area contributed by atoms with Gasteiger partial charge in [-0.15, -0.1) is 0 Å². The summed E-state index contributed by atoms with van der Waals surface area (Å²) >= 11 is 0. The standard InChI is InChI=1S/C22H16N4O/c27-21(20-10-4-5-14-24-20)12-11-18-16-26(19-8-2-1-3-9-19)25-22(18)17-7-6-13-23-15-17/h1-16H/b12-11+. The Kier molecular flexibility index (Phi) is 4.66. The fraction of sp³-hybridized carbons (Fsp3) is 0. The van der Waals surface area contributed by atoms with E-state index in [0.29, 0.717) is 5.69 Å². The third-order valence-corrected chi connectivity index (χ3v) is 4.03. The van der Waals surface area contributed by atoms with Gasteiger partial charge in [0.25, 0.3) is 0 Å². The van der Waals surface area contributed by atoms with Crippen LogP contribution in [0.5, 0.6) is 0 Å². The quantitative estimate of drug-likeness (QED) is 0.398. The van der Waals surface area contributed by atoms with E-state index in [1.54, 1.807) is 47.5 Å². The Morgan fingerprint density at radius 1 is 0.926 bits per heavy atom. The average Bonchev–Trinajstić information content (AvgIpc) is 3.18. The van der Waals surface area contributed by atoms with Gasteiger partial charge in [-0.2, -0.15) is 5.10 Å². The zero-order chi connectivity index (χ0) is 18.5. The average molecular weight is 352 g/mol. The van der Waals surface area contributed by atoms with Crippen molar-refractivity contribution in [1.82, 2.24) is 19.7 Å². The van der Waals surface area contributed by atoms with Gasteiger partial charge in [-0.3, -0.25) is 14.8 Å². The van der Waals surface area contributed by atoms with Crippen molar-refractivity contribution >= 4 is 11.9 Å². The summed E-state index contributed by atoms with van der Waals surface area (Å²) in [6.07, 6.45) is 10.3. The van der Waals surface area contributed by atoms with E-state index >= 15 is 0 Å². The van der Waals surface area contributed by atoms with Crippen molar-refractivity contribution in [2.45, 2.75) is 0 Å². The number of aromatic nitrogens is 4. The zero-order valence-corrected chi connectivity index (χ0v) is 14.4. The van der Waals surface area contributed by atoms with Crippen molar-refractivity contribution in [2.24, 2.45) is 0 Å². The fourth-order valence-corrected chi connectivity index (χ4v) is 2.71. The lowest BCUT2D eigenvalue weighted by Gasteiger charge is -1.99. The van der Waals surface area contributed by atoms with Gasteiger partial charge >= 0.3 is 0 Å². The predicted molar refractivity (Wildman–Crippen MR) is 104 cm³/mol. The molecule has 0 amide bonds. The van der Waals surface area contributed by atoms with E-state index in [0.717, 1.165) is 22.5 Å². The lowest BCUT2D eigenvalue weighted by Crippen LogP contribution is -1.96. The van der Waals surface area contributed by atoms with Crippen molar-refractivity contribution in [1.29, 1.82) is 0 Å². The molecule has 0 aliphatic carbocycles. The Labute approximate surface area is 156 Å². The summed E-state index contributed by atoms with van der Waals surface area (Å²) in [4.78, 5) is 20.6. The molecular formula is C22H16N4O. The zero-order valence-electron chi connectivity index (χ0n) is 14.4. The maximum atomic E-state index is 12.4. The molecule has 5 nitrogen and oxygen atoms in total. The first-order chi connectivity index (χ1) is 13.3. The van der Waals surface area contributed by atoms with E-state index < -0.39 is 0 Å². The Bertz CT molecular complexity index is 1070. The summed E-state index contributed by atoms with van der Waals surface area (Å²) in [5.74, 6) is -0.153. The molecule has 0 aliphatic rings. The number of rotatable bonds is 5. The second kappa shape index (κ2) is 7.58. The number of hydrogen-bond donors (Lipinski definition) is 0. The molecule has 0 atom stereocenters. The maximum Gasteiger partial charge on any atom is 0.204 e. The van der Waals surface area contributed by atoms with Crippen LogP contribution < -0.4 is 0 Å². The van der Waals surface area contributed by atoms with Gasteiger partial charge in [-0.05, 0) is 48.6 Å². The highest BCUT2D eigenvalue weighted by Gasteiger charge is 2.11. The first-order valence-corrected chi connectivity index (χ1v) is 8.50. The molecule has 4 rings (SSSR count). The molecule has 0 saturated carbocycles. The monoisotopic (exact) mass is 352 g/mol. The molecule has 0 spiro atoms. The summed E-state index contributed by atoms with van der Waals surface area (Å²) in [6, 6.07) is 18.9. The van der Waals surface area contributed by atoms with Gasteiger partial charge in [0.2, 0.25) is 5.78 Å². The molecule has 4 aromatic rings. The van der Waals surface area contributed by atoms with E-state index in [9.17, 15) is 4.79 Å². The summed E-state index contributed by atoms with van der Waals surface area (Å²) in [7, 11) is 0. The van der Waals surface area contributed by atoms with Gasteiger partial charge < -0.3 is 0 Å². The van der Waals surface area contributed by atoms with Crippen molar-refractivity contribution in [2.75, 3.05) is 0 Å². The van der Waals surface area contributed by atoms with E-state index in [2.05, 4.69) is 9.97 Å². The minimum absolute atomic E-state index is 0.153. The molecule has 5 heteroatoms. The Morgan fingerprint density at radius 3 is 2.52 bits per heavy atom. The SMILES string of the molecule is O=C(/C=C/c1cn(-c2ccccc2)nc1-c1cccnc1)c1ccccn1. The van der Waals surface area contributed by atoms with E-state index in [1.165, 1.54) is 6.08 Å². The van der Waals surface area contributed by atoms with Crippen molar-refractivity contribution in [3.63, 3.8) is 0 Å². The number of allylic oxidation sites excluding steroid dienone is 1. The van der Waals surface area contributed by atoms with Crippen molar-refractivity contribution in [3.8, 4) is 16.9 Å². The van der Waals surface area contributed by atoms with Crippen LogP contribution in [0.1, 0.15) is 16.1 Å². The normalized spacial score (nSPS) is 11.0. The highest BCUT2D eigenvalue weighted by molar-refractivity contribution is 6.05. The number of carbonyl (C=O) groups is 1. The van der Waals surface area contributed by atoms with Crippen LogP contribution in [0.4, 0.5) is 0 Å². The molecule has 3 aromatic heterocycles. The molecule has 0 fully saturated rings. The summed E-state index contributed by atoms with van der Waals surface area (Å²) in [5, 5.41) is 4.70. The van der Waals surface area contributed by atoms with Crippen LogP contribution in [0.2, 0.25) is 0 Å². The maximum absolute atomic E-state index is 12.4. The van der Waals surface area contributed by atoms with Gasteiger partial charge in [0.05, 0.1) is 5.69 Å². The molecule has 0 aliphatic heterocycles. The van der Waals surface area contributed by atoms with Crippen LogP contribution in [0.3, 0.4) is 0 Å². The Morgan fingerprint density at radius 2 is 1.78 bits per heavy atom. The topological polar surface area (TPSA) is 60.7 Å². The number of hydrogen-bond acceptors (Lipinski definition) is 4. The third-order valence-electron chi connectivity index (χ3n) is 4.03. The van der Waals surface area contributed by atoms with Crippen LogP contribution in [0.25, 0.3) is 23.0 Å².